The van der Waals surface area contributed by atoms with Crippen LogP contribution >= 0.6 is 0 Å². The lowest BCUT2D eigenvalue weighted by atomic mass is 10.1. The van der Waals surface area contributed by atoms with Crippen LogP contribution in [0, 0.1) is 6.92 Å². The van der Waals surface area contributed by atoms with Crippen LogP contribution in [0.25, 0.3) is 11.0 Å². The van der Waals surface area contributed by atoms with Gasteiger partial charge < -0.3 is 10.6 Å². The smallest absolute Gasteiger partial charge is 0.196 e. The Bertz CT molecular complexity index is 785. The summed E-state index contributed by atoms with van der Waals surface area (Å²) in [5, 5.41) is 10.3. The maximum atomic E-state index is 5.99. The number of hydrogen-bond acceptors (Lipinski definition) is 3. The van der Waals surface area contributed by atoms with Gasteiger partial charge in [-0.05, 0) is 50.5 Å². The van der Waals surface area contributed by atoms with Crippen molar-refractivity contribution in [3.05, 3.63) is 54.1 Å². The number of likely N-dealkylation sites (tertiary alicyclic amines) is 1. The number of aliphatic imine (C=N–C) groups is 1. The monoisotopic (exact) mass is 336 g/mol. The molecule has 3 aromatic rings. The first-order valence-corrected chi connectivity index (χ1v) is 8.64. The molecule has 3 N–H and O–H groups in total. The lowest BCUT2D eigenvalue weighted by Crippen LogP contribution is -2.40. The fourth-order valence-electron chi connectivity index (χ4n) is 2.73. The lowest BCUT2D eigenvalue weighted by Gasteiger charge is -2.27. The second kappa shape index (κ2) is 8.28. The number of nitrogens with zero attached hydrogens (tertiary/aromatic N) is 4. The van der Waals surface area contributed by atoms with Crippen LogP contribution in [0.4, 0.5) is 5.69 Å². The second-order valence-corrected chi connectivity index (χ2v) is 6.17. The summed E-state index contributed by atoms with van der Waals surface area (Å²) in [6.45, 7) is 4.16. The number of aromatic nitrogens is 3. The van der Waals surface area contributed by atoms with Gasteiger partial charge in [-0.2, -0.15) is 15.4 Å². The van der Waals surface area contributed by atoms with E-state index in [1.165, 1.54) is 24.8 Å². The maximum absolute atomic E-state index is 5.99. The third kappa shape index (κ3) is 4.79. The van der Waals surface area contributed by atoms with Crippen LogP contribution < -0.4 is 5.73 Å². The Hall–Kier alpha value is -2.89. The molecule has 130 valence electrons. The topological polar surface area (TPSA) is 83.2 Å². The number of para-hydroxylation sites is 2. The quantitative estimate of drug-likeness (QED) is 0.527. The summed E-state index contributed by atoms with van der Waals surface area (Å²) in [5.41, 5.74) is 10.0. The van der Waals surface area contributed by atoms with Gasteiger partial charge in [0.1, 0.15) is 11.0 Å². The summed E-state index contributed by atoms with van der Waals surface area (Å²) >= 11 is 0. The molecular weight excluding hydrogens is 312 g/mol. The third-order valence-corrected chi connectivity index (χ3v) is 4.18. The van der Waals surface area contributed by atoms with Gasteiger partial charge in [-0.1, -0.05) is 29.8 Å². The largest absolute Gasteiger partial charge is 0.369 e. The van der Waals surface area contributed by atoms with Crippen molar-refractivity contribution in [2.24, 2.45) is 10.7 Å². The average Bonchev–Trinajstić information content (AvgIpc) is 3.14. The summed E-state index contributed by atoms with van der Waals surface area (Å²) in [4.78, 5) is 6.61. The molecule has 0 radical (unpaired) electrons. The summed E-state index contributed by atoms with van der Waals surface area (Å²) < 4.78 is 0. The van der Waals surface area contributed by atoms with Crippen LogP contribution in [0.5, 0.6) is 0 Å². The molecule has 0 bridgehead atoms. The fourth-order valence-corrected chi connectivity index (χ4v) is 2.73. The van der Waals surface area contributed by atoms with Gasteiger partial charge in [-0.3, -0.25) is 0 Å². The Kier molecular flexibility index (Phi) is 5.61. The summed E-state index contributed by atoms with van der Waals surface area (Å²) in [7, 11) is 0. The fraction of sp³-hybridized carbons (Fsp3) is 0.316. The molecule has 0 atom stereocenters. The van der Waals surface area contributed by atoms with Gasteiger partial charge >= 0.3 is 0 Å². The Balaban J connectivity index is 0.000000170. The molecule has 6 nitrogen and oxygen atoms in total. The highest BCUT2D eigenvalue weighted by molar-refractivity contribution is 5.81. The zero-order valence-corrected chi connectivity index (χ0v) is 14.5. The molecule has 1 fully saturated rings. The van der Waals surface area contributed by atoms with E-state index in [-0.39, 0.29) is 0 Å². The first kappa shape index (κ1) is 17.0. The highest BCUT2D eigenvalue weighted by atomic mass is 15.3. The van der Waals surface area contributed by atoms with Crippen molar-refractivity contribution in [2.45, 2.75) is 26.2 Å². The van der Waals surface area contributed by atoms with Crippen molar-refractivity contribution >= 4 is 22.7 Å². The van der Waals surface area contributed by atoms with Gasteiger partial charge in [0.25, 0.3) is 0 Å². The Morgan fingerprint density at radius 1 is 0.960 bits per heavy atom. The molecular formula is C19H24N6. The van der Waals surface area contributed by atoms with E-state index < -0.39 is 0 Å². The number of nitrogens with two attached hydrogens (primary N) is 1. The van der Waals surface area contributed by atoms with Crippen molar-refractivity contribution in [3.8, 4) is 0 Å². The minimum atomic E-state index is 0.656. The van der Waals surface area contributed by atoms with Crippen LogP contribution in [0.2, 0.25) is 0 Å². The van der Waals surface area contributed by atoms with Crippen LogP contribution in [0.15, 0.2) is 53.5 Å². The Morgan fingerprint density at radius 3 is 2.16 bits per heavy atom. The molecule has 0 saturated carbocycles. The van der Waals surface area contributed by atoms with Gasteiger partial charge in [0.05, 0.1) is 5.69 Å². The number of piperidine rings is 1. The maximum Gasteiger partial charge on any atom is 0.196 e. The van der Waals surface area contributed by atoms with E-state index in [1.807, 2.05) is 36.4 Å². The number of benzene rings is 2. The predicted octanol–water partition coefficient (Wildman–Crippen LogP) is 3.39. The Labute approximate surface area is 147 Å². The number of nitrogens with one attached hydrogen (secondary N) is 1. The predicted molar refractivity (Wildman–Crippen MR) is 102 cm³/mol. The molecule has 1 saturated heterocycles. The number of aromatic amines is 1. The first-order chi connectivity index (χ1) is 12.2. The van der Waals surface area contributed by atoms with E-state index >= 15 is 0 Å². The number of guanidine groups is 1. The molecule has 4 rings (SSSR count). The standard InChI is InChI=1S/C13H19N3.C6H5N3/c1-11-5-7-12(8-6-11)15-13(14)16-9-3-2-4-10-16;1-2-4-6-5(3-1)7-9-8-6/h5-8H,2-4,9-10H2,1H3,(H2,14,15);1-4H,(H,7,8,9). The number of H-pyrrole nitrogens is 1. The molecule has 2 aromatic carbocycles. The van der Waals surface area contributed by atoms with Gasteiger partial charge in [-0.15, -0.1) is 0 Å². The zero-order chi connectivity index (χ0) is 17.5. The first-order valence-electron chi connectivity index (χ1n) is 8.64. The average molecular weight is 336 g/mol. The second-order valence-electron chi connectivity index (χ2n) is 6.17. The van der Waals surface area contributed by atoms with E-state index in [9.17, 15) is 0 Å². The minimum absolute atomic E-state index is 0.656. The molecule has 25 heavy (non-hydrogen) atoms. The molecule has 1 aliphatic rings. The van der Waals surface area contributed by atoms with Crippen molar-refractivity contribution in [2.75, 3.05) is 13.1 Å². The molecule has 0 aliphatic carbocycles. The molecule has 1 aromatic heterocycles. The molecule has 0 spiro atoms. The van der Waals surface area contributed by atoms with Crippen molar-refractivity contribution in [1.82, 2.24) is 20.3 Å². The summed E-state index contributed by atoms with van der Waals surface area (Å²) in [6.07, 6.45) is 3.77. The summed E-state index contributed by atoms with van der Waals surface area (Å²) in [5.74, 6) is 0.656. The van der Waals surface area contributed by atoms with Crippen molar-refractivity contribution < 1.29 is 0 Å². The van der Waals surface area contributed by atoms with Crippen LogP contribution in [-0.4, -0.2) is 39.4 Å². The van der Waals surface area contributed by atoms with Crippen LogP contribution in [0.1, 0.15) is 24.8 Å². The van der Waals surface area contributed by atoms with E-state index in [0.717, 1.165) is 29.8 Å². The highest BCUT2D eigenvalue weighted by Crippen LogP contribution is 2.14. The van der Waals surface area contributed by atoms with Gasteiger partial charge in [0.2, 0.25) is 0 Å². The molecule has 0 amide bonds. The van der Waals surface area contributed by atoms with Gasteiger partial charge in [0, 0.05) is 13.1 Å². The van der Waals surface area contributed by atoms with Crippen molar-refractivity contribution in [3.63, 3.8) is 0 Å². The van der Waals surface area contributed by atoms with E-state index in [2.05, 4.69) is 44.4 Å². The summed E-state index contributed by atoms with van der Waals surface area (Å²) in [6, 6.07) is 15.8. The molecule has 6 heteroatoms. The van der Waals surface area contributed by atoms with Crippen LogP contribution in [0.3, 0.4) is 0 Å². The Morgan fingerprint density at radius 2 is 1.56 bits per heavy atom. The van der Waals surface area contributed by atoms with Crippen LogP contribution in [-0.2, 0) is 0 Å². The highest BCUT2D eigenvalue weighted by Gasteiger charge is 2.11. The number of fused-ring (bicyclic) bond motifs is 1. The SMILES string of the molecule is Cc1ccc(N=C(N)N2CCCCC2)cc1.c1ccc2n[nH]nc2c1. The zero-order valence-electron chi connectivity index (χ0n) is 14.5. The van der Waals surface area contributed by atoms with E-state index in [1.54, 1.807) is 0 Å². The number of hydrogen-bond donors (Lipinski definition) is 2. The van der Waals surface area contributed by atoms with E-state index in [4.69, 9.17) is 5.73 Å². The lowest BCUT2D eigenvalue weighted by molar-refractivity contribution is 0.339. The van der Waals surface area contributed by atoms with Gasteiger partial charge in [-0.25, -0.2) is 4.99 Å². The number of aryl methyl sites for hydroxylation is 1. The molecule has 2 heterocycles. The van der Waals surface area contributed by atoms with Crippen molar-refractivity contribution in [1.29, 1.82) is 0 Å². The molecule has 1 aliphatic heterocycles. The van der Waals surface area contributed by atoms with E-state index in [0.29, 0.717) is 5.96 Å². The molecule has 0 unspecified atom stereocenters. The normalized spacial score (nSPS) is 14.9. The van der Waals surface area contributed by atoms with Gasteiger partial charge in [0.15, 0.2) is 5.96 Å². The number of rotatable bonds is 1. The minimum Gasteiger partial charge on any atom is -0.369 e. The third-order valence-electron chi connectivity index (χ3n) is 4.18.